The average Bonchev–Trinajstić information content (AvgIpc) is 2.09. The lowest BCUT2D eigenvalue weighted by atomic mass is 10.0. The fraction of sp³-hybridized carbons (Fsp3) is 0.714. The van der Waals surface area contributed by atoms with Crippen LogP contribution in [-0.2, 0) is 9.53 Å². The number of nitrogens with zero attached hydrogens (tertiary/aromatic N) is 1. The Morgan fingerprint density at radius 2 is 1.65 bits per heavy atom. The predicted molar refractivity (Wildman–Crippen MR) is 41.5 cm³/mol. The average molecular weight is 267 g/mol. The molecular weight excluding hydrogens is 260 g/mol. The van der Waals surface area contributed by atoms with E-state index in [1.54, 1.807) is 5.16 Å². The third-order valence-corrected chi connectivity index (χ3v) is 1.52. The van der Waals surface area contributed by atoms with Crippen LogP contribution >= 0.6 is 0 Å². The molecule has 0 rings (SSSR count). The van der Waals surface area contributed by atoms with E-state index < -0.39 is 36.6 Å². The molecule has 0 aliphatic heterocycles. The lowest BCUT2D eigenvalue weighted by Gasteiger charge is -2.22. The maximum absolute atomic E-state index is 12.1. The summed E-state index contributed by atoms with van der Waals surface area (Å²) in [5.41, 5.74) is -2.15. The largest absolute Gasteiger partial charge is 0.461 e. The third-order valence-electron chi connectivity index (χ3n) is 1.52. The molecule has 0 heterocycles. The van der Waals surface area contributed by atoms with Crippen molar-refractivity contribution in [1.29, 1.82) is 0 Å². The number of alkyl halides is 6. The Morgan fingerprint density at radius 3 is 1.88 bits per heavy atom. The van der Waals surface area contributed by atoms with Crippen LogP contribution in [0.25, 0.3) is 0 Å². The second kappa shape index (κ2) is 5.23. The van der Waals surface area contributed by atoms with Gasteiger partial charge in [0.05, 0.1) is 6.61 Å². The summed E-state index contributed by atoms with van der Waals surface area (Å²) in [6.45, 7) is 0.712. The Hall–Kier alpha value is -1.48. The van der Waals surface area contributed by atoms with Crippen LogP contribution < -0.4 is 0 Å². The van der Waals surface area contributed by atoms with E-state index in [0.717, 1.165) is 0 Å². The number of ether oxygens (including phenoxy) is 1. The maximum atomic E-state index is 12.1. The smallest absolute Gasteiger partial charge is 0.406 e. The molecule has 0 amide bonds. The van der Waals surface area contributed by atoms with Crippen LogP contribution in [0, 0.1) is 5.92 Å². The van der Waals surface area contributed by atoms with Gasteiger partial charge in [-0.05, 0) is 6.92 Å². The number of carbonyl (C=O) groups excluding carboxylic acids is 1. The topological polar surface area (TPSA) is 58.9 Å². The highest BCUT2D eigenvalue weighted by Crippen LogP contribution is 2.40. The summed E-state index contributed by atoms with van der Waals surface area (Å²) in [6.07, 6.45) is -11.6. The molecule has 0 saturated heterocycles. The zero-order valence-electron chi connectivity index (χ0n) is 8.26. The normalized spacial score (nSPS) is 14.0. The molecule has 0 atom stereocenters. The molecule has 0 fully saturated rings. The SMILES string of the molecule is CCOC(=O)/C(=N\O)C(C(F)(F)F)C(F)(F)F. The summed E-state index contributed by atoms with van der Waals surface area (Å²) < 4.78 is 76.7. The van der Waals surface area contributed by atoms with Crippen molar-refractivity contribution in [2.75, 3.05) is 6.61 Å². The predicted octanol–water partition coefficient (Wildman–Crippen LogP) is 2.12. The molecule has 0 bridgehead atoms. The number of esters is 1. The molecule has 0 aliphatic rings. The molecule has 0 aromatic rings. The number of hydrogen-bond donors (Lipinski definition) is 1. The number of hydrogen-bond acceptors (Lipinski definition) is 4. The highest BCUT2D eigenvalue weighted by atomic mass is 19.4. The Bertz CT molecular complexity index is 294. The summed E-state index contributed by atoms with van der Waals surface area (Å²) in [5.74, 6) is -6.16. The van der Waals surface area contributed by atoms with Gasteiger partial charge in [-0.2, -0.15) is 26.3 Å². The van der Waals surface area contributed by atoms with Gasteiger partial charge < -0.3 is 9.94 Å². The summed E-state index contributed by atoms with van der Waals surface area (Å²) in [6, 6.07) is 0. The van der Waals surface area contributed by atoms with Crippen molar-refractivity contribution in [3.05, 3.63) is 0 Å². The minimum Gasteiger partial charge on any atom is -0.461 e. The molecule has 17 heavy (non-hydrogen) atoms. The van der Waals surface area contributed by atoms with Crippen molar-refractivity contribution >= 4 is 11.7 Å². The summed E-state index contributed by atoms with van der Waals surface area (Å²) >= 11 is 0. The second-order valence-electron chi connectivity index (χ2n) is 2.72. The molecule has 0 aromatic heterocycles. The number of carbonyl (C=O) groups is 1. The minimum atomic E-state index is -5.81. The first kappa shape index (κ1) is 15.5. The van der Waals surface area contributed by atoms with Crippen molar-refractivity contribution in [3.8, 4) is 0 Å². The van der Waals surface area contributed by atoms with E-state index in [0.29, 0.717) is 0 Å². The maximum Gasteiger partial charge on any atom is 0.406 e. The van der Waals surface area contributed by atoms with Gasteiger partial charge in [-0.15, -0.1) is 0 Å². The van der Waals surface area contributed by atoms with Crippen LogP contribution in [0.1, 0.15) is 6.92 Å². The molecule has 10 heteroatoms. The summed E-state index contributed by atoms with van der Waals surface area (Å²) in [4.78, 5) is 10.8. The van der Waals surface area contributed by atoms with Gasteiger partial charge in [0.15, 0.2) is 5.71 Å². The van der Waals surface area contributed by atoms with E-state index >= 15 is 0 Å². The van der Waals surface area contributed by atoms with E-state index in [2.05, 4.69) is 4.74 Å². The van der Waals surface area contributed by atoms with E-state index in [-0.39, 0.29) is 0 Å². The first-order valence-corrected chi connectivity index (χ1v) is 4.08. The lowest BCUT2D eigenvalue weighted by molar-refractivity contribution is -0.261. The van der Waals surface area contributed by atoms with Gasteiger partial charge in [0.1, 0.15) is 0 Å². The van der Waals surface area contributed by atoms with Gasteiger partial charge in [-0.1, -0.05) is 5.16 Å². The molecule has 100 valence electrons. The van der Waals surface area contributed by atoms with E-state index in [9.17, 15) is 31.1 Å². The first-order valence-electron chi connectivity index (χ1n) is 4.08. The Morgan fingerprint density at radius 1 is 1.24 bits per heavy atom. The Labute approximate surface area is 90.8 Å². The highest BCUT2D eigenvalue weighted by Gasteiger charge is 2.61. The van der Waals surface area contributed by atoms with E-state index in [1.807, 2.05) is 0 Å². The van der Waals surface area contributed by atoms with E-state index in [1.165, 1.54) is 6.92 Å². The van der Waals surface area contributed by atoms with Crippen molar-refractivity contribution < 1.29 is 41.1 Å². The highest BCUT2D eigenvalue weighted by molar-refractivity contribution is 6.37. The van der Waals surface area contributed by atoms with Crippen molar-refractivity contribution in [3.63, 3.8) is 0 Å². The zero-order chi connectivity index (χ0) is 13.9. The van der Waals surface area contributed by atoms with Gasteiger partial charge >= 0.3 is 18.3 Å². The monoisotopic (exact) mass is 267 g/mol. The van der Waals surface area contributed by atoms with Crippen LogP contribution in [0.5, 0.6) is 0 Å². The van der Waals surface area contributed by atoms with Gasteiger partial charge in [-0.3, -0.25) is 0 Å². The quantitative estimate of drug-likeness (QED) is 0.280. The van der Waals surface area contributed by atoms with Crippen LogP contribution in [0.3, 0.4) is 0 Å². The standard InChI is InChI=1S/C7H7F6NO3/c1-2-17-5(15)3(14-16)4(6(8,9)10)7(11,12)13/h4,16H,2H2,1H3/b14-3-. The van der Waals surface area contributed by atoms with Crippen molar-refractivity contribution in [1.82, 2.24) is 0 Å². The van der Waals surface area contributed by atoms with Crippen molar-refractivity contribution in [2.45, 2.75) is 19.3 Å². The summed E-state index contributed by atoms with van der Waals surface area (Å²) in [5, 5.41) is 9.85. The number of rotatable bonds is 3. The van der Waals surface area contributed by atoms with Gasteiger partial charge in [0.25, 0.3) is 0 Å². The Kier molecular flexibility index (Phi) is 4.78. The molecule has 0 spiro atoms. The van der Waals surface area contributed by atoms with Crippen LogP contribution in [-0.4, -0.2) is 35.8 Å². The van der Waals surface area contributed by atoms with E-state index in [4.69, 9.17) is 5.21 Å². The lowest BCUT2D eigenvalue weighted by Crippen LogP contribution is -2.46. The fourth-order valence-corrected chi connectivity index (χ4v) is 0.917. The minimum absolute atomic E-state index is 0.458. The van der Waals surface area contributed by atoms with Crippen molar-refractivity contribution in [2.24, 2.45) is 11.1 Å². The Balaban J connectivity index is 5.39. The molecule has 0 aliphatic carbocycles. The van der Waals surface area contributed by atoms with Gasteiger partial charge in [0, 0.05) is 0 Å². The third kappa shape index (κ3) is 4.11. The van der Waals surface area contributed by atoms with Crippen LogP contribution in [0.4, 0.5) is 26.3 Å². The molecule has 0 aromatic carbocycles. The molecule has 4 nitrogen and oxygen atoms in total. The number of oxime groups is 1. The molecular formula is C7H7F6NO3. The van der Waals surface area contributed by atoms with Gasteiger partial charge in [-0.25, -0.2) is 4.79 Å². The second-order valence-corrected chi connectivity index (χ2v) is 2.72. The van der Waals surface area contributed by atoms with Crippen LogP contribution in [0.15, 0.2) is 5.16 Å². The zero-order valence-corrected chi connectivity index (χ0v) is 8.26. The fourth-order valence-electron chi connectivity index (χ4n) is 0.917. The van der Waals surface area contributed by atoms with Crippen LogP contribution in [0.2, 0.25) is 0 Å². The molecule has 0 saturated carbocycles. The first-order chi connectivity index (χ1) is 7.55. The molecule has 0 unspecified atom stereocenters. The number of halogens is 6. The molecule has 1 N–H and O–H groups in total. The van der Waals surface area contributed by atoms with Gasteiger partial charge in [0.2, 0.25) is 5.92 Å². The molecule has 0 radical (unpaired) electrons. The summed E-state index contributed by atoms with van der Waals surface area (Å²) in [7, 11) is 0.